The van der Waals surface area contributed by atoms with Crippen molar-refractivity contribution in [2.75, 3.05) is 12.4 Å². The van der Waals surface area contributed by atoms with Gasteiger partial charge in [-0.2, -0.15) is 0 Å². The summed E-state index contributed by atoms with van der Waals surface area (Å²) in [4.78, 5) is 15.5. The maximum Gasteiger partial charge on any atom is 0.197 e. The third-order valence-corrected chi connectivity index (χ3v) is 2.48. The topological polar surface area (TPSA) is 66.5 Å². The van der Waals surface area contributed by atoms with Gasteiger partial charge in [-0.3, -0.25) is 0 Å². The summed E-state index contributed by atoms with van der Waals surface area (Å²) in [6, 6.07) is 0. The molecule has 0 aliphatic heterocycles. The second-order valence-corrected chi connectivity index (χ2v) is 3.74. The zero-order valence-electron chi connectivity index (χ0n) is 7.45. The Bertz CT molecular complexity index is 425. The molecule has 6 heteroatoms. The molecule has 2 aromatic heterocycles. The first-order chi connectivity index (χ1) is 6.81. The third-order valence-electron chi connectivity index (χ3n) is 1.69. The van der Waals surface area contributed by atoms with E-state index in [0.717, 1.165) is 9.39 Å². The van der Waals surface area contributed by atoms with E-state index < -0.39 is 0 Å². The fraction of sp³-hybridized carbons (Fsp3) is 0.125. The number of nitrogens with zero attached hydrogens (tertiary/aromatic N) is 3. The fourth-order valence-corrected chi connectivity index (χ4v) is 1.57. The molecule has 0 atom stereocenters. The van der Waals surface area contributed by atoms with E-state index >= 15 is 0 Å². The number of anilines is 1. The molecule has 2 heterocycles. The molecule has 0 aliphatic rings. The highest BCUT2D eigenvalue weighted by Crippen LogP contribution is 2.17. The highest BCUT2D eigenvalue weighted by Gasteiger charge is 2.06. The molecule has 2 aromatic rings. The minimum Gasteiger partial charge on any atom is -0.372 e. The van der Waals surface area contributed by atoms with Crippen molar-refractivity contribution in [2.24, 2.45) is 0 Å². The van der Waals surface area contributed by atoms with Crippen LogP contribution in [0, 0.1) is 3.57 Å². The van der Waals surface area contributed by atoms with E-state index in [1.54, 1.807) is 18.6 Å². The number of imidazole rings is 1. The number of aromatic amines is 1. The number of halogens is 1. The molecule has 0 fully saturated rings. The summed E-state index contributed by atoms with van der Waals surface area (Å²) in [5.41, 5.74) is 0. The number of aromatic nitrogens is 4. The minimum absolute atomic E-state index is 0.597. The Morgan fingerprint density at radius 3 is 2.93 bits per heavy atom. The molecule has 5 nitrogen and oxygen atoms in total. The van der Waals surface area contributed by atoms with Crippen molar-refractivity contribution in [2.45, 2.75) is 0 Å². The largest absolute Gasteiger partial charge is 0.372 e. The van der Waals surface area contributed by atoms with E-state index in [2.05, 4.69) is 47.8 Å². The van der Waals surface area contributed by atoms with E-state index in [9.17, 15) is 0 Å². The monoisotopic (exact) mass is 301 g/mol. The predicted octanol–water partition coefficient (Wildman–Crippen LogP) is 1.51. The number of nitrogens with one attached hydrogen (secondary N) is 2. The lowest BCUT2D eigenvalue weighted by atomic mass is 10.5. The van der Waals surface area contributed by atoms with Crippen molar-refractivity contribution in [3.63, 3.8) is 0 Å². The molecule has 0 amide bonds. The van der Waals surface area contributed by atoms with Crippen molar-refractivity contribution in [3.8, 4) is 11.6 Å². The Balaban J connectivity index is 2.46. The van der Waals surface area contributed by atoms with Crippen LogP contribution >= 0.6 is 22.6 Å². The second kappa shape index (κ2) is 3.91. The highest BCUT2D eigenvalue weighted by atomic mass is 127. The van der Waals surface area contributed by atoms with E-state index in [-0.39, 0.29) is 0 Å². The second-order valence-electron chi connectivity index (χ2n) is 2.58. The predicted molar refractivity (Wildman–Crippen MR) is 61.9 cm³/mol. The maximum absolute atomic E-state index is 4.31. The van der Waals surface area contributed by atoms with Gasteiger partial charge in [0, 0.05) is 25.6 Å². The Hall–Kier alpha value is -1.18. The number of hydrogen-bond donors (Lipinski definition) is 2. The first-order valence-corrected chi connectivity index (χ1v) is 5.09. The Kier molecular flexibility index (Phi) is 2.62. The van der Waals surface area contributed by atoms with Gasteiger partial charge in [-0.15, -0.1) is 0 Å². The Morgan fingerprint density at radius 2 is 2.29 bits per heavy atom. The summed E-state index contributed by atoms with van der Waals surface area (Å²) < 4.78 is 0.986. The lowest BCUT2D eigenvalue weighted by Crippen LogP contribution is -1.99. The molecule has 0 saturated heterocycles. The smallest absolute Gasteiger partial charge is 0.197 e. The van der Waals surface area contributed by atoms with Crippen molar-refractivity contribution in [1.29, 1.82) is 0 Å². The molecule has 0 bridgehead atoms. The number of hydrogen-bond acceptors (Lipinski definition) is 4. The third kappa shape index (κ3) is 1.69. The summed E-state index contributed by atoms with van der Waals surface area (Å²) in [6.07, 6.45) is 5.18. The van der Waals surface area contributed by atoms with Gasteiger partial charge >= 0.3 is 0 Å². The summed E-state index contributed by atoms with van der Waals surface area (Å²) in [5, 5.41) is 3.00. The standard InChI is InChI=1S/C8H8IN5/c1-10-6-5(9)4-13-8(14-6)7-11-2-3-12-7/h2-4H,1H3,(H,11,12)(H,10,13,14). The number of H-pyrrole nitrogens is 1. The zero-order chi connectivity index (χ0) is 9.97. The van der Waals surface area contributed by atoms with Gasteiger partial charge in [0.2, 0.25) is 0 Å². The van der Waals surface area contributed by atoms with Crippen LogP contribution in [0.5, 0.6) is 0 Å². The lowest BCUT2D eigenvalue weighted by molar-refractivity contribution is 1.11. The molecular weight excluding hydrogens is 293 g/mol. The SMILES string of the molecule is CNc1nc(-c2ncc[nH]2)ncc1I. The van der Waals surface area contributed by atoms with Gasteiger partial charge in [-0.1, -0.05) is 0 Å². The molecule has 0 spiro atoms. The van der Waals surface area contributed by atoms with Crippen LogP contribution in [0.3, 0.4) is 0 Å². The normalized spacial score (nSPS) is 10.1. The van der Waals surface area contributed by atoms with Gasteiger partial charge in [-0.25, -0.2) is 15.0 Å². The average molecular weight is 301 g/mol. The van der Waals surface area contributed by atoms with E-state index in [4.69, 9.17) is 0 Å². The van der Waals surface area contributed by atoms with Gasteiger partial charge < -0.3 is 10.3 Å². The van der Waals surface area contributed by atoms with Gasteiger partial charge in [0.05, 0.1) is 3.57 Å². The summed E-state index contributed by atoms with van der Waals surface area (Å²) in [5.74, 6) is 2.09. The Morgan fingerprint density at radius 1 is 1.43 bits per heavy atom. The molecule has 0 saturated carbocycles. The van der Waals surface area contributed by atoms with Crippen LogP contribution in [-0.2, 0) is 0 Å². The molecule has 72 valence electrons. The molecule has 2 N–H and O–H groups in total. The Labute approximate surface area is 94.5 Å². The van der Waals surface area contributed by atoms with Crippen LogP contribution in [-0.4, -0.2) is 27.0 Å². The first kappa shape index (κ1) is 9.38. The molecule has 14 heavy (non-hydrogen) atoms. The van der Waals surface area contributed by atoms with Crippen LogP contribution < -0.4 is 5.32 Å². The molecule has 0 aromatic carbocycles. The van der Waals surface area contributed by atoms with Gasteiger partial charge in [0.25, 0.3) is 0 Å². The first-order valence-electron chi connectivity index (χ1n) is 4.01. The molecular formula is C8H8IN5. The highest BCUT2D eigenvalue weighted by molar-refractivity contribution is 14.1. The lowest BCUT2D eigenvalue weighted by Gasteiger charge is -2.02. The summed E-state index contributed by atoms with van der Waals surface area (Å²) in [6.45, 7) is 0. The average Bonchev–Trinajstić information content (AvgIpc) is 2.71. The maximum atomic E-state index is 4.31. The van der Waals surface area contributed by atoms with Crippen molar-refractivity contribution in [1.82, 2.24) is 19.9 Å². The van der Waals surface area contributed by atoms with Crippen molar-refractivity contribution >= 4 is 28.4 Å². The molecule has 0 unspecified atom stereocenters. The number of rotatable bonds is 2. The van der Waals surface area contributed by atoms with Crippen molar-refractivity contribution in [3.05, 3.63) is 22.2 Å². The van der Waals surface area contributed by atoms with Crippen LogP contribution in [0.1, 0.15) is 0 Å². The summed E-state index contributed by atoms with van der Waals surface area (Å²) >= 11 is 2.18. The van der Waals surface area contributed by atoms with E-state index in [1.807, 2.05) is 7.05 Å². The summed E-state index contributed by atoms with van der Waals surface area (Å²) in [7, 11) is 1.83. The zero-order valence-corrected chi connectivity index (χ0v) is 9.61. The van der Waals surface area contributed by atoms with Crippen LogP contribution in [0.15, 0.2) is 18.6 Å². The van der Waals surface area contributed by atoms with Crippen LogP contribution in [0.4, 0.5) is 5.82 Å². The molecule has 0 radical (unpaired) electrons. The van der Waals surface area contributed by atoms with Gasteiger partial charge in [-0.05, 0) is 22.6 Å². The molecule has 0 aliphatic carbocycles. The fourth-order valence-electron chi connectivity index (χ4n) is 1.04. The van der Waals surface area contributed by atoms with Crippen molar-refractivity contribution < 1.29 is 0 Å². The quantitative estimate of drug-likeness (QED) is 0.825. The van der Waals surface area contributed by atoms with E-state index in [0.29, 0.717) is 11.6 Å². The minimum atomic E-state index is 0.597. The molecule has 2 rings (SSSR count). The van der Waals surface area contributed by atoms with Gasteiger partial charge in [0.15, 0.2) is 11.6 Å². The van der Waals surface area contributed by atoms with Gasteiger partial charge in [0.1, 0.15) is 5.82 Å². The van der Waals surface area contributed by atoms with Crippen LogP contribution in [0.25, 0.3) is 11.6 Å². The van der Waals surface area contributed by atoms with Crippen LogP contribution in [0.2, 0.25) is 0 Å². The van der Waals surface area contributed by atoms with E-state index in [1.165, 1.54) is 0 Å².